The van der Waals surface area contributed by atoms with E-state index in [9.17, 15) is 9.59 Å². The van der Waals surface area contributed by atoms with Crippen molar-refractivity contribution < 1.29 is 14.3 Å². The molecule has 0 aromatic heterocycles. The van der Waals surface area contributed by atoms with Gasteiger partial charge in [0.2, 0.25) is 0 Å². The number of hydrogen-bond donors (Lipinski definition) is 0. The Kier molecular flexibility index (Phi) is 3.60. The van der Waals surface area contributed by atoms with Crippen LogP contribution in [0.3, 0.4) is 0 Å². The van der Waals surface area contributed by atoms with Gasteiger partial charge in [-0.2, -0.15) is 0 Å². The van der Waals surface area contributed by atoms with E-state index in [1.54, 1.807) is 4.90 Å². The van der Waals surface area contributed by atoms with Crippen molar-refractivity contribution in [2.24, 2.45) is 11.8 Å². The first kappa shape index (κ1) is 14.7. The lowest BCUT2D eigenvalue weighted by atomic mass is 10.0. The van der Waals surface area contributed by atoms with Crippen LogP contribution in [0.15, 0.2) is 30.3 Å². The van der Waals surface area contributed by atoms with Crippen molar-refractivity contribution in [1.29, 1.82) is 0 Å². The number of likely N-dealkylation sites (tertiary alicyclic amines) is 2. The molecule has 122 valence electrons. The largest absolute Gasteiger partial charge is 0.368 e. The lowest BCUT2D eigenvalue weighted by Crippen LogP contribution is -2.39. The van der Waals surface area contributed by atoms with Crippen LogP contribution < -0.4 is 0 Å². The Morgan fingerprint density at radius 2 is 1.96 bits per heavy atom. The molecule has 0 N–H and O–H groups in total. The minimum atomic E-state index is -0.376. The maximum absolute atomic E-state index is 12.6. The van der Waals surface area contributed by atoms with E-state index < -0.39 is 0 Å². The van der Waals surface area contributed by atoms with E-state index in [4.69, 9.17) is 4.74 Å². The van der Waals surface area contributed by atoms with Gasteiger partial charge in [-0.3, -0.25) is 9.59 Å². The second-order valence-electron chi connectivity index (χ2n) is 6.95. The number of amides is 2. The van der Waals surface area contributed by atoms with Gasteiger partial charge in [0.1, 0.15) is 6.10 Å². The fraction of sp³-hybridized carbons (Fsp3) is 0.556. The zero-order valence-corrected chi connectivity index (χ0v) is 13.4. The maximum atomic E-state index is 12.6. The molecule has 2 saturated heterocycles. The Bertz CT molecular complexity index is 614. The average molecular weight is 314 g/mol. The van der Waals surface area contributed by atoms with Gasteiger partial charge < -0.3 is 14.5 Å². The van der Waals surface area contributed by atoms with Crippen LogP contribution >= 0.6 is 0 Å². The minimum Gasteiger partial charge on any atom is -0.368 e. The predicted molar refractivity (Wildman–Crippen MR) is 84.9 cm³/mol. The van der Waals surface area contributed by atoms with E-state index in [2.05, 4.69) is 0 Å². The summed E-state index contributed by atoms with van der Waals surface area (Å²) in [7, 11) is 1.83. The van der Waals surface area contributed by atoms with Crippen molar-refractivity contribution >= 4 is 11.8 Å². The van der Waals surface area contributed by atoms with Crippen LogP contribution in [0, 0.1) is 11.8 Å². The molecule has 3 aliphatic rings. The van der Waals surface area contributed by atoms with Crippen LogP contribution in [-0.2, 0) is 9.53 Å². The van der Waals surface area contributed by atoms with E-state index >= 15 is 0 Å². The molecule has 3 atom stereocenters. The number of carbonyl (C=O) groups is 2. The van der Waals surface area contributed by atoms with Crippen molar-refractivity contribution in [3.63, 3.8) is 0 Å². The molecule has 2 amide bonds. The Balaban J connectivity index is 1.47. The molecule has 3 fully saturated rings. The second kappa shape index (κ2) is 5.64. The van der Waals surface area contributed by atoms with Crippen molar-refractivity contribution in [2.45, 2.75) is 25.0 Å². The zero-order valence-electron chi connectivity index (χ0n) is 13.4. The molecule has 4 rings (SSSR count). The first-order chi connectivity index (χ1) is 11.1. The monoisotopic (exact) mass is 314 g/mol. The molecule has 1 aromatic rings. The molecular formula is C18H22N2O3. The highest BCUT2D eigenvalue weighted by atomic mass is 16.5. The standard InChI is InChI=1S/C18H22N2O3/c1-19-15-10-20(17(21)13-5-3-2-4-6-13)9-14(15)16(18(19)22)23-11-12-7-8-12/h2-6,12,14-16H,7-11H2,1H3/t14-,15+,16-/m0/s1. The van der Waals surface area contributed by atoms with Crippen molar-refractivity contribution in [3.05, 3.63) is 35.9 Å². The van der Waals surface area contributed by atoms with Crippen LogP contribution in [0.5, 0.6) is 0 Å². The SMILES string of the molecule is CN1C(=O)[C@@H](OCC2CC2)[C@H]2CN(C(=O)c3ccccc3)C[C@H]21. The summed E-state index contributed by atoms with van der Waals surface area (Å²) in [5.74, 6) is 0.851. The molecule has 0 bridgehead atoms. The number of rotatable bonds is 4. The highest BCUT2D eigenvalue weighted by Crippen LogP contribution is 2.36. The highest BCUT2D eigenvalue weighted by Gasteiger charge is 2.52. The highest BCUT2D eigenvalue weighted by molar-refractivity contribution is 5.95. The van der Waals surface area contributed by atoms with Gasteiger partial charge in [0, 0.05) is 31.6 Å². The number of likely N-dealkylation sites (N-methyl/N-ethyl adjacent to an activating group) is 1. The van der Waals surface area contributed by atoms with Gasteiger partial charge in [0.25, 0.3) is 11.8 Å². The number of carbonyl (C=O) groups excluding carboxylic acids is 2. The summed E-state index contributed by atoms with van der Waals surface area (Å²) in [5.41, 5.74) is 0.705. The quantitative estimate of drug-likeness (QED) is 0.844. The maximum Gasteiger partial charge on any atom is 0.253 e. The van der Waals surface area contributed by atoms with Gasteiger partial charge in [-0.05, 0) is 30.9 Å². The number of benzene rings is 1. The number of ether oxygens (including phenoxy) is 1. The van der Waals surface area contributed by atoms with Crippen LogP contribution in [0.2, 0.25) is 0 Å². The van der Waals surface area contributed by atoms with E-state index in [0.29, 0.717) is 31.2 Å². The summed E-state index contributed by atoms with van der Waals surface area (Å²) in [6.45, 7) is 1.88. The third-order valence-electron chi connectivity index (χ3n) is 5.33. The molecule has 0 radical (unpaired) electrons. The van der Waals surface area contributed by atoms with Gasteiger partial charge in [-0.1, -0.05) is 18.2 Å². The van der Waals surface area contributed by atoms with Crippen LogP contribution in [0.4, 0.5) is 0 Å². The van der Waals surface area contributed by atoms with Crippen molar-refractivity contribution in [1.82, 2.24) is 9.80 Å². The second-order valence-corrected chi connectivity index (χ2v) is 6.95. The van der Waals surface area contributed by atoms with Crippen molar-refractivity contribution in [2.75, 3.05) is 26.7 Å². The summed E-state index contributed by atoms with van der Waals surface area (Å²) in [4.78, 5) is 28.7. The summed E-state index contributed by atoms with van der Waals surface area (Å²) in [5, 5.41) is 0. The molecule has 2 heterocycles. The van der Waals surface area contributed by atoms with Crippen LogP contribution in [0.25, 0.3) is 0 Å². The first-order valence-electron chi connectivity index (χ1n) is 8.37. The summed E-state index contributed by atoms with van der Waals surface area (Å²) in [6, 6.07) is 9.42. The molecule has 1 saturated carbocycles. The average Bonchev–Trinajstić information content (AvgIpc) is 3.26. The summed E-state index contributed by atoms with van der Waals surface area (Å²) < 4.78 is 5.93. The number of hydrogen-bond acceptors (Lipinski definition) is 3. The molecular weight excluding hydrogens is 292 g/mol. The molecule has 0 spiro atoms. The predicted octanol–water partition coefficient (Wildman–Crippen LogP) is 1.39. The molecule has 5 heteroatoms. The Labute approximate surface area is 136 Å². The van der Waals surface area contributed by atoms with Crippen molar-refractivity contribution in [3.8, 4) is 0 Å². The fourth-order valence-corrected chi connectivity index (χ4v) is 3.71. The minimum absolute atomic E-state index is 0.0433. The van der Waals surface area contributed by atoms with Gasteiger partial charge in [-0.25, -0.2) is 0 Å². The van der Waals surface area contributed by atoms with E-state index in [1.807, 2.05) is 42.3 Å². The van der Waals surface area contributed by atoms with Gasteiger partial charge >= 0.3 is 0 Å². The van der Waals surface area contributed by atoms with Crippen LogP contribution in [0.1, 0.15) is 23.2 Å². The van der Waals surface area contributed by atoms with E-state index in [1.165, 1.54) is 12.8 Å². The Morgan fingerprint density at radius 3 is 2.65 bits per heavy atom. The zero-order chi connectivity index (χ0) is 16.0. The summed E-state index contributed by atoms with van der Waals surface area (Å²) >= 11 is 0. The molecule has 1 aromatic carbocycles. The topological polar surface area (TPSA) is 49.9 Å². The van der Waals surface area contributed by atoms with Gasteiger partial charge in [0.05, 0.1) is 12.6 Å². The van der Waals surface area contributed by atoms with E-state index in [-0.39, 0.29) is 29.9 Å². The van der Waals surface area contributed by atoms with E-state index in [0.717, 1.165) is 0 Å². The molecule has 23 heavy (non-hydrogen) atoms. The smallest absolute Gasteiger partial charge is 0.253 e. The van der Waals surface area contributed by atoms with Gasteiger partial charge in [-0.15, -0.1) is 0 Å². The van der Waals surface area contributed by atoms with Crippen LogP contribution in [-0.4, -0.2) is 60.5 Å². The normalized spacial score (nSPS) is 30.0. The van der Waals surface area contributed by atoms with Gasteiger partial charge in [0.15, 0.2) is 0 Å². The number of fused-ring (bicyclic) bond motifs is 1. The summed E-state index contributed by atoms with van der Waals surface area (Å²) in [6.07, 6.45) is 2.05. The molecule has 1 aliphatic carbocycles. The molecule has 0 unspecified atom stereocenters. The fourth-order valence-electron chi connectivity index (χ4n) is 3.71. The first-order valence-corrected chi connectivity index (χ1v) is 8.37. The lowest BCUT2D eigenvalue weighted by Gasteiger charge is -2.22. The molecule has 5 nitrogen and oxygen atoms in total. The lowest BCUT2D eigenvalue weighted by molar-refractivity contribution is -0.138. The Morgan fingerprint density at radius 1 is 1.22 bits per heavy atom. The Hall–Kier alpha value is -1.88. The third kappa shape index (κ3) is 2.63. The third-order valence-corrected chi connectivity index (χ3v) is 5.33. The number of nitrogens with zero attached hydrogens (tertiary/aromatic N) is 2. The molecule has 2 aliphatic heterocycles.